The third kappa shape index (κ3) is 7.18. The van der Waals surface area contributed by atoms with E-state index in [1.54, 1.807) is 0 Å². The highest BCUT2D eigenvalue weighted by Crippen LogP contribution is 2.27. The summed E-state index contributed by atoms with van der Waals surface area (Å²) in [4.78, 5) is 60.8. The molecule has 0 saturated carbocycles. The Kier molecular flexibility index (Phi) is 9.00. The van der Waals surface area contributed by atoms with Crippen LogP contribution >= 0.6 is 11.8 Å². The monoisotopic (exact) mass is 523 g/mol. The van der Waals surface area contributed by atoms with Crippen LogP contribution in [0.3, 0.4) is 0 Å². The molecular weight excluding hydrogens is 502 g/mol. The van der Waals surface area contributed by atoms with E-state index < -0.39 is 35.0 Å². The summed E-state index contributed by atoms with van der Waals surface area (Å²) in [7, 11) is 0. The number of carbonyl (C=O) groups excluding carboxylic acids is 4. The van der Waals surface area contributed by atoms with Gasteiger partial charge in [-0.25, -0.2) is 14.4 Å². The number of amides is 1. The second kappa shape index (κ2) is 12.4. The Balaban J connectivity index is 1.77. The summed E-state index contributed by atoms with van der Waals surface area (Å²) in [5, 5.41) is 20.8. The fraction of sp³-hybridized carbons (Fsp3) is 0.115. The lowest BCUT2D eigenvalue weighted by atomic mass is 10.2. The van der Waals surface area contributed by atoms with Gasteiger partial charge in [-0.3, -0.25) is 9.59 Å². The molecule has 11 heteroatoms. The maximum atomic E-state index is 13.0. The van der Waals surface area contributed by atoms with Crippen molar-refractivity contribution in [2.45, 2.75) is 13.0 Å². The number of aromatic hydroxyl groups is 1. The van der Waals surface area contributed by atoms with E-state index in [4.69, 9.17) is 9.47 Å². The van der Waals surface area contributed by atoms with Crippen LogP contribution < -0.4 is 14.8 Å². The number of carbonyl (C=O) groups is 5. The fourth-order valence-electron chi connectivity index (χ4n) is 3.06. The number of para-hydroxylation sites is 3. The Labute approximate surface area is 215 Å². The number of thioether (sulfide) groups is 1. The molecule has 0 bridgehead atoms. The summed E-state index contributed by atoms with van der Waals surface area (Å²) in [6.07, 6.45) is 0. The van der Waals surface area contributed by atoms with Gasteiger partial charge in [0.2, 0.25) is 11.0 Å². The van der Waals surface area contributed by atoms with Crippen molar-refractivity contribution in [3.8, 4) is 17.2 Å². The number of phenols is 1. The zero-order valence-electron chi connectivity index (χ0n) is 19.4. The smallest absolute Gasteiger partial charge is 0.347 e. The van der Waals surface area contributed by atoms with Gasteiger partial charge in [0.05, 0.1) is 5.56 Å². The molecule has 0 aliphatic carbocycles. The van der Waals surface area contributed by atoms with Gasteiger partial charge in [0.25, 0.3) is 0 Å². The van der Waals surface area contributed by atoms with Crippen LogP contribution in [0.15, 0.2) is 72.8 Å². The molecule has 0 saturated heterocycles. The van der Waals surface area contributed by atoms with Gasteiger partial charge in [-0.2, -0.15) is 0 Å². The van der Waals surface area contributed by atoms with E-state index in [-0.39, 0.29) is 39.7 Å². The van der Waals surface area contributed by atoms with Crippen LogP contribution in [0.2, 0.25) is 0 Å². The predicted molar refractivity (Wildman–Crippen MR) is 133 cm³/mol. The standard InChI is InChI=1S/C26H21NO9S/c1-15(28)27-19(23(30)31)14-37-26(34)18-10-4-7-13-22(18)36-25(33)17-9-3-6-12-21(17)35-24(32)16-8-2-5-11-20(16)29/h2-13,19,29H,14H2,1H3,(H,27,28)(H,30,31). The second-order valence-corrected chi connectivity index (χ2v) is 8.47. The lowest BCUT2D eigenvalue weighted by Gasteiger charge is -2.14. The van der Waals surface area contributed by atoms with Gasteiger partial charge in [-0.05, 0) is 36.4 Å². The largest absolute Gasteiger partial charge is 0.507 e. The van der Waals surface area contributed by atoms with Crippen molar-refractivity contribution in [1.29, 1.82) is 0 Å². The minimum atomic E-state index is -1.30. The first-order chi connectivity index (χ1) is 17.7. The number of nitrogens with one attached hydrogen (secondary N) is 1. The van der Waals surface area contributed by atoms with E-state index in [9.17, 15) is 34.2 Å². The number of carboxylic acid groups (broad SMARTS) is 1. The van der Waals surface area contributed by atoms with Crippen LogP contribution in [0.1, 0.15) is 38.0 Å². The molecule has 3 rings (SSSR count). The fourth-order valence-corrected chi connectivity index (χ4v) is 3.93. The SMILES string of the molecule is CC(=O)NC(CSC(=O)c1ccccc1OC(=O)c1ccccc1OC(=O)c1ccccc1O)C(=O)O. The minimum Gasteiger partial charge on any atom is -0.507 e. The first-order valence-corrected chi connectivity index (χ1v) is 11.7. The Hall–Kier alpha value is -4.64. The van der Waals surface area contributed by atoms with E-state index >= 15 is 0 Å². The molecule has 0 aromatic heterocycles. The molecule has 0 heterocycles. The average Bonchev–Trinajstić information content (AvgIpc) is 2.86. The topological polar surface area (TPSA) is 156 Å². The number of aliphatic carboxylic acids is 1. The molecule has 0 aliphatic heterocycles. The summed E-state index contributed by atoms with van der Waals surface area (Å²) < 4.78 is 10.7. The van der Waals surface area contributed by atoms with Gasteiger partial charge in [-0.15, -0.1) is 0 Å². The highest BCUT2D eigenvalue weighted by molar-refractivity contribution is 8.14. The Morgan fingerprint density at radius 1 is 0.784 bits per heavy atom. The Morgan fingerprint density at radius 2 is 1.27 bits per heavy atom. The van der Waals surface area contributed by atoms with E-state index in [1.165, 1.54) is 72.8 Å². The summed E-state index contributed by atoms with van der Waals surface area (Å²) in [6.45, 7) is 1.16. The molecule has 0 fully saturated rings. The average molecular weight is 524 g/mol. The van der Waals surface area contributed by atoms with Crippen molar-refractivity contribution in [2.75, 3.05) is 5.75 Å². The van der Waals surface area contributed by atoms with Gasteiger partial charge >= 0.3 is 17.9 Å². The third-order valence-electron chi connectivity index (χ3n) is 4.80. The van der Waals surface area contributed by atoms with Crippen molar-refractivity contribution in [1.82, 2.24) is 5.32 Å². The number of ether oxygens (including phenoxy) is 2. The molecule has 0 spiro atoms. The lowest BCUT2D eigenvalue weighted by Crippen LogP contribution is -2.41. The van der Waals surface area contributed by atoms with Gasteiger partial charge in [0.15, 0.2) is 0 Å². The second-order valence-electron chi connectivity index (χ2n) is 7.48. The number of carboxylic acids is 1. The quantitative estimate of drug-likeness (QED) is 0.281. The van der Waals surface area contributed by atoms with Gasteiger partial charge in [0.1, 0.15) is 34.4 Å². The van der Waals surface area contributed by atoms with Crippen LogP contribution in [0.25, 0.3) is 0 Å². The van der Waals surface area contributed by atoms with Crippen molar-refractivity contribution >= 4 is 40.7 Å². The number of benzene rings is 3. The van der Waals surface area contributed by atoms with Crippen LogP contribution in [0, 0.1) is 0 Å². The maximum absolute atomic E-state index is 13.0. The molecule has 0 aliphatic rings. The first-order valence-electron chi connectivity index (χ1n) is 10.7. The van der Waals surface area contributed by atoms with Crippen molar-refractivity contribution in [3.63, 3.8) is 0 Å². The highest BCUT2D eigenvalue weighted by atomic mass is 32.2. The molecule has 1 atom stereocenters. The van der Waals surface area contributed by atoms with Gasteiger partial charge in [0, 0.05) is 12.7 Å². The van der Waals surface area contributed by atoms with Gasteiger partial charge in [-0.1, -0.05) is 48.2 Å². The molecule has 3 aromatic rings. The van der Waals surface area contributed by atoms with Gasteiger partial charge < -0.3 is 25.0 Å². The predicted octanol–water partition coefficient (Wildman–Crippen LogP) is 3.29. The van der Waals surface area contributed by atoms with E-state index in [0.717, 1.165) is 6.92 Å². The van der Waals surface area contributed by atoms with Crippen LogP contribution in [0.5, 0.6) is 17.2 Å². The van der Waals surface area contributed by atoms with Crippen LogP contribution in [-0.2, 0) is 9.59 Å². The molecule has 190 valence electrons. The summed E-state index contributed by atoms with van der Waals surface area (Å²) >= 11 is 0.637. The third-order valence-corrected chi connectivity index (χ3v) is 5.78. The zero-order valence-corrected chi connectivity index (χ0v) is 20.2. The van der Waals surface area contributed by atoms with Crippen molar-refractivity contribution in [2.24, 2.45) is 0 Å². The molecule has 3 aromatic carbocycles. The number of phenolic OH excluding ortho intramolecular Hbond substituents is 1. The molecular formula is C26H21NO9S. The maximum Gasteiger partial charge on any atom is 0.347 e. The molecule has 10 nitrogen and oxygen atoms in total. The normalized spacial score (nSPS) is 11.2. The number of esters is 2. The van der Waals surface area contributed by atoms with Crippen molar-refractivity contribution in [3.05, 3.63) is 89.5 Å². The lowest BCUT2D eigenvalue weighted by molar-refractivity contribution is -0.140. The molecule has 0 radical (unpaired) electrons. The minimum absolute atomic E-state index is 0.00324. The van der Waals surface area contributed by atoms with Crippen molar-refractivity contribution < 1.29 is 43.7 Å². The number of hydrogen-bond acceptors (Lipinski definition) is 9. The number of rotatable bonds is 9. The Morgan fingerprint density at radius 3 is 1.84 bits per heavy atom. The van der Waals surface area contributed by atoms with E-state index in [0.29, 0.717) is 11.8 Å². The first kappa shape index (κ1) is 27.0. The molecule has 3 N–H and O–H groups in total. The number of hydrogen-bond donors (Lipinski definition) is 3. The highest BCUT2D eigenvalue weighted by Gasteiger charge is 2.24. The molecule has 1 amide bonds. The Bertz CT molecular complexity index is 1360. The van der Waals surface area contributed by atoms with Crippen LogP contribution in [-0.4, -0.2) is 50.9 Å². The molecule has 37 heavy (non-hydrogen) atoms. The summed E-state index contributed by atoms with van der Waals surface area (Å²) in [6, 6.07) is 16.1. The summed E-state index contributed by atoms with van der Waals surface area (Å²) in [5.41, 5.74) is -0.216. The molecule has 1 unspecified atom stereocenters. The van der Waals surface area contributed by atoms with Crippen LogP contribution in [0.4, 0.5) is 0 Å². The zero-order chi connectivity index (χ0) is 26.9. The van der Waals surface area contributed by atoms with E-state index in [1.807, 2.05) is 0 Å². The van der Waals surface area contributed by atoms with E-state index in [2.05, 4.69) is 5.32 Å². The summed E-state index contributed by atoms with van der Waals surface area (Å²) in [5.74, 6) is -4.44.